The number of hydrogen-bond acceptors (Lipinski definition) is 4. The van der Waals surface area contributed by atoms with Gasteiger partial charge in [0.05, 0.1) is 6.54 Å². The first-order valence-corrected chi connectivity index (χ1v) is 7.00. The van der Waals surface area contributed by atoms with E-state index in [-0.39, 0.29) is 18.3 Å². The Labute approximate surface area is 127 Å². The maximum atomic E-state index is 13.5. The molecule has 2 heterocycles. The highest BCUT2D eigenvalue weighted by Crippen LogP contribution is 2.22. The molecule has 3 aromatic rings. The van der Waals surface area contributed by atoms with Crippen LogP contribution in [0.3, 0.4) is 0 Å². The second-order valence-electron chi connectivity index (χ2n) is 4.34. The predicted octanol–water partition coefficient (Wildman–Crippen LogP) is 3.24. The summed E-state index contributed by atoms with van der Waals surface area (Å²) < 4.78 is 25.5. The van der Waals surface area contributed by atoms with Crippen LogP contribution < -0.4 is 5.76 Å². The van der Waals surface area contributed by atoms with Gasteiger partial charge in [0.25, 0.3) is 5.89 Å². The Morgan fingerprint density at radius 3 is 2.71 bits per heavy atom. The van der Waals surface area contributed by atoms with Crippen LogP contribution in [0.2, 0.25) is 0 Å². The first-order valence-electron chi connectivity index (χ1n) is 6.20. The Hall–Kier alpha value is -2.15. The molecule has 0 saturated carbocycles. The summed E-state index contributed by atoms with van der Waals surface area (Å²) >= 11 is 3.16. The van der Waals surface area contributed by atoms with E-state index in [1.807, 2.05) is 0 Å². The van der Waals surface area contributed by atoms with Gasteiger partial charge in [-0.2, -0.15) is 4.68 Å². The molecule has 5 nitrogen and oxygen atoms in total. The molecule has 0 aliphatic carbocycles. The zero-order valence-electron chi connectivity index (χ0n) is 10.8. The van der Waals surface area contributed by atoms with Crippen molar-refractivity contribution in [2.75, 3.05) is 0 Å². The van der Waals surface area contributed by atoms with Crippen molar-refractivity contribution in [3.05, 3.63) is 63.0 Å². The van der Waals surface area contributed by atoms with E-state index in [1.165, 1.54) is 6.07 Å². The summed E-state index contributed by atoms with van der Waals surface area (Å²) in [5.74, 6) is -0.457. The van der Waals surface area contributed by atoms with E-state index >= 15 is 0 Å². The topological polar surface area (TPSA) is 61.2 Å². The van der Waals surface area contributed by atoms with Crippen molar-refractivity contribution < 1.29 is 13.2 Å². The quantitative estimate of drug-likeness (QED) is 0.723. The summed E-state index contributed by atoms with van der Waals surface area (Å²) in [6.45, 7) is 0.227. The lowest BCUT2D eigenvalue weighted by Gasteiger charge is -2.01. The number of rotatable bonds is 4. The largest absolute Gasteiger partial charge is 0.444 e. The maximum absolute atomic E-state index is 13.5. The molecule has 0 aliphatic rings. The molecular formula is C14H10BrFN2O3. The molecule has 3 rings (SSSR count). The molecule has 0 spiro atoms. The molecule has 0 unspecified atom stereocenters. The Kier molecular flexibility index (Phi) is 3.74. The molecule has 0 fully saturated rings. The van der Waals surface area contributed by atoms with Gasteiger partial charge in [0.15, 0.2) is 10.4 Å². The zero-order valence-corrected chi connectivity index (χ0v) is 12.3. The number of halogens is 2. The summed E-state index contributed by atoms with van der Waals surface area (Å²) in [6, 6.07) is 9.73. The average Bonchev–Trinajstić information content (AvgIpc) is 3.04. The van der Waals surface area contributed by atoms with E-state index in [9.17, 15) is 9.18 Å². The van der Waals surface area contributed by atoms with Gasteiger partial charge >= 0.3 is 5.76 Å². The van der Waals surface area contributed by atoms with Crippen LogP contribution in [0.25, 0.3) is 11.7 Å². The standard InChI is InChI=1S/C14H10BrFN2O3/c15-12-6-5-11(20-12)13-17-18(14(19)21-13)8-7-9-3-1-2-4-10(9)16/h1-6H,7-8H2. The molecular weight excluding hydrogens is 343 g/mol. The van der Waals surface area contributed by atoms with Gasteiger partial charge in [-0.3, -0.25) is 0 Å². The van der Waals surface area contributed by atoms with Gasteiger partial charge in [0.1, 0.15) is 5.82 Å². The zero-order chi connectivity index (χ0) is 14.8. The van der Waals surface area contributed by atoms with Crippen molar-refractivity contribution in [2.45, 2.75) is 13.0 Å². The third-order valence-corrected chi connectivity index (χ3v) is 3.37. The third kappa shape index (κ3) is 2.97. The van der Waals surface area contributed by atoms with Crippen LogP contribution in [-0.4, -0.2) is 9.78 Å². The minimum atomic E-state index is -0.603. The first-order chi connectivity index (χ1) is 10.1. The molecule has 7 heteroatoms. The lowest BCUT2D eigenvalue weighted by molar-refractivity contribution is 0.463. The van der Waals surface area contributed by atoms with Crippen molar-refractivity contribution in [1.82, 2.24) is 9.78 Å². The average molecular weight is 353 g/mol. The predicted molar refractivity (Wildman–Crippen MR) is 76.3 cm³/mol. The second kappa shape index (κ2) is 5.69. The summed E-state index contributed by atoms with van der Waals surface area (Å²) in [5, 5.41) is 4.04. The molecule has 108 valence electrons. The van der Waals surface area contributed by atoms with Crippen LogP contribution >= 0.6 is 15.9 Å². The van der Waals surface area contributed by atoms with Gasteiger partial charge in [-0.15, -0.1) is 5.10 Å². The Morgan fingerprint density at radius 1 is 1.19 bits per heavy atom. The fourth-order valence-electron chi connectivity index (χ4n) is 1.90. The van der Waals surface area contributed by atoms with Crippen LogP contribution in [0.15, 0.2) is 54.7 Å². The number of aromatic nitrogens is 2. The normalized spacial score (nSPS) is 11.0. The van der Waals surface area contributed by atoms with E-state index < -0.39 is 5.76 Å². The number of furan rings is 1. The van der Waals surface area contributed by atoms with Crippen LogP contribution in [0.1, 0.15) is 5.56 Å². The van der Waals surface area contributed by atoms with Gasteiger partial charge in [-0.1, -0.05) is 18.2 Å². The number of hydrogen-bond donors (Lipinski definition) is 0. The smallest absolute Gasteiger partial charge is 0.437 e. The van der Waals surface area contributed by atoms with Crippen LogP contribution in [0.5, 0.6) is 0 Å². The molecule has 0 saturated heterocycles. The SMILES string of the molecule is O=c1oc(-c2ccc(Br)o2)nn1CCc1ccccc1F. The van der Waals surface area contributed by atoms with E-state index in [2.05, 4.69) is 21.0 Å². The van der Waals surface area contributed by atoms with Gasteiger partial charge in [-0.05, 0) is 46.1 Å². The van der Waals surface area contributed by atoms with Gasteiger partial charge < -0.3 is 8.83 Å². The van der Waals surface area contributed by atoms with Crippen LogP contribution in [0.4, 0.5) is 4.39 Å². The first kappa shape index (κ1) is 13.8. The van der Waals surface area contributed by atoms with Gasteiger partial charge in [0.2, 0.25) is 0 Å². The second-order valence-corrected chi connectivity index (χ2v) is 5.12. The number of benzene rings is 1. The summed E-state index contributed by atoms with van der Waals surface area (Å²) in [6.07, 6.45) is 0.348. The molecule has 2 aromatic heterocycles. The minimum absolute atomic E-state index is 0.0965. The summed E-state index contributed by atoms with van der Waals surface area (Å²) in [5.41, 5.74) is 0.523. The summed E-state index contributed by atoms with van der Waals surface area (Å²) in [7, 11) is 0. The number of aryl methyl sites for hydroxylation is 2. The lowest BCUT2D eigenvalue weighted by Crippen LogP contribution is -2.17. The molecule has 1 aromatic carbocycles. The molecule has 0 amide bonds. The molecule has 0 radical (unpaired) electrons. The molecule has 0 atom stereocenters. The highest BCUT2D eigenvalue weighted by Gasteiger charge is 2.14. The monoisotopic (exact) mass is 352 g/mol. The van der Waals surface area contributed by atoms with E-state index in [1.54, 1.807) is 30.3 Å². The van der Waals surface area contributed by atoms with Gasteiger partial charge in [0, 0.05) is 0 Å². The third-order valence-electron chi connectivity index (χ3n) is 2.94. The number of nitrogens with zero attached hydrogens (tertiary/aromatic N) is 2. The lowest BCUT2D eigenvalue weighted by atomic mass is 10.1. The molecule has 0 aliphatic heterocycles. The van der Waals surface area contributed by atoms with Crippen molar-refractivity contribution >= 4 is 15.9 Å². The van der Waals surface area contributed by atoms with E-state index in [4.69, 9.17) is 8.83 Å². The van der Waals surface area contributed by atoms with Crippen LogP contribution in [-0.2, 0) is 13.0 Å². The molecule has 21 heavy (non-hydrogen) atoms. The Bertz CT molecular complexity index is 821. The van der Waals surface area contributed by atoms with Gasteiger partial charge in [-0.25, -0.2) is 9.18 Å². The molecule has 0 bridgehead atoms. The Morgan fingerprint density at radius 2 is 2.00 bits per heavy atom. The van der Waals surface area contributed by atoms with Crippen molar-refractivity contribution in [3.63, 3.8) is 0 Å². The fourth-order valence-corrected chi connectivity index (χ4v) is 2.21. The van der Waals surface area contributed by atoms with E-state index in [0.717, 1.165) is 4.68 Å². The summed E-state index contributed by atoms with van der Waals surface area (Å²) in [4.78, 5) is 11.7. The highest BCUT2D eigenvalue weighted by molar-refractivity contribution is 9.10. The van der Waals surface area contributed by atoms with Crippen molar-refractivity contribution in [1.29, 1.82) is 0 Å². The van der Waals surface area contributed by atoms with Crippen molar-refractivity contribution in [2.24, 2.45) is 0 Å². The Balaban J connectivity index is 1.79. The maximum Gasteiger partial charge on any atom is 0.437 e. The van der Waals surface area contributed by atoms with E-state index in [0.29, 0.717) is 22.4 Å². The minimum Gasteiger partial charge on any atom is -0.444 e. The fraction of sp³-hybridized carbons (Fsp3) is 0.143. The highest BCUT2D eigenvalue weighted by atomic mass is 79.9. The van der Waals surface area contributed by atoms with Crippen LogP contribution in [0, 0.1) is 5.82 Å². The molecule has 0 N–H and O–H groups in total. The van der Waals surface area contributed by atoms with Crippen molar-refractivity contribution in [3.8, 4) is 11.7 Å².